The third-order valence-corrected chi connectivity index (χ3v) is 3.19. The number of halogens is 1. The lowest BCUT2D eigenvalue weighted by Crippen LogP contribution is -2.12. The summed E-state index contributed by atoms with van der Waals surface area (Å²) >= 11 is 3.14. The minimum Gasteiger partial charge on any atom is -0.508 e. The molecule has 2 N–H and O–H groups in total. The van der Waals surface area contributed by atoms with E-state index in [1.807, 2.05) is 0 Å². The van der Waals surface area contributed by atoms with Crippen LogP contribution in [0.4, 0.5) is 11.4 Å². The lowest BCUT2D eigenvalue weighted by molar-refractivity contribution is -0.384. The van der Waals surface area contributed by atoms with Crippen molar-refractivity contribution in [2.45, 2.75) is 0 Å². The fourth-order valence-electron chi connectivity index (χ4n) is 1.54. The third-order valence-electron chi connectivity index (χ3n) is 2.53. The molecule has 0 saturated heterocycles. The average molecular weight is 337 g/mol. The SMILES string of the molecule is O=C(Nc1ccc(O)cc1)c1ccc([N+](=O)[O-])cc1Br. The van der Waals surface area contributed by atoms with Crippen LogP contribution in [0.3, 0.4) is 0 Å². The number of non-ortho nitro benzene ring substituents is 1. The normalized spacial score (nSPS) is 10.1. The number of benzene rings is 2. The molecule has 0 aliphatic rings. The smallest absolute Gasteiger partial charge is 0.270 e. The van der Waals surface area contributed by atoms with E-state index in [-0.39, 0.29) is 17.0 Å². The first-order valence-corrected chi connectivity index (χ1v) is 6.31. The van der Waals surface area contributed by atoms with E-state index >= 15 is 0 Å². The predicted octanol–water partition coefficient (Wildman–Crippen LogP) is 3.32. The lowest BCUT2D eigenvalue weighted by atomic mass is 10.2. The Labute approximate surface area is 122 Å². The van der Waals surface area contributed by atoms with E-state index in [9.17, 15) is 14.9 Å². The van der Waals surface area contributed by atoms with E-state index in [0.29, 0.717) is 10.2 Å². The zero-order valence-electron chi connectivity index (χ0n) is 10.0. The number of nitro groups is 1. The second kappa shape index (κ2) is 5.70. The number of nitrogens with one attached hydrogen (secondary N) is 1. The molecule has 0 spiro atoms. The number of anilines is 1. The van der Waals surface area contributed by atoms with Gasteiger partial charge in [-0.15, -0.1) is 0 Å². The fourth-order valence-corrected chi connectivity index (χ4v) is 2.09. The van der Waals surface area contributed by atoms with Gasteiger partial charge in [-0.1, -0.05) is 0 Å². The Hall–Kier alpha value is -2.41. The highest BCUT2D eigenvalue weighted by Crippen LogP contribution is 2.24. The molecule has 0 saturated carbocycles. The number of amides is 1. The zero-order chi connectivity index (χ0) is 14.7. The first-order valence-electron chi connectivity index (χ1n) is 5.51. The van der Waals surface area contributed by atoms with Crippen LogP contribution in [0.2, 0.25) is 0 Å². The van der Waals surface area contributed by atoms with Crippen LogP contribution >= 0.6 is 15.9 Å². The van der Waals surface area contributed by atoms with Gasteiger partial charge >= 0.3 is 0 Å². The van der Waals surface area contributed by atoms with Gasteiger partial charge in [0.15, 0.2) is 0 Å². The standard InChI is InChI=1S/C13H9BrN2O4/c14-12-7-9(16(19)20)3-6-11(12)13(18)15-8-1-4-10(17)5-2-8/h1-7,17H,(H,15,18). The molecule has 0 aliphatic heterocycles. The number of phenolic OH excluding ortho intramolecular Hbond substituents is 1. The third kappa shape index (κ3) is 3.12. The quantitative estimate of drug-likeness (QED) is 0.510. The van der Waals surface area contributed by atoms with E-state index in [0.717, 1.165) is 0 Å². The number of carbonyl (C=O) groups is 1. The molecular weight excluding hydrogens is 328 g/mol. The summed E-state index contributed by atoms with van der Waals surface area (Å²) in [4.78, 5) is 22.1. The summed E-state index contributed by atoms with van der Waals surface area (Å²) in [7, 11) is 0. The minimum atomic E-state index is -0.535. The van der Waals surface area contributed by atoms with E-state index in [1.54, 1.807) is 12.1 Å². The van der Waals surface area contributed by atoms with Crippen LogP contribution in [0.15, 0.2) is 46.9 Å². The van der Waals surface area contributed by atoms with Crippen LogP contribution in [0.25, 0.3) is 0 Å². The van der Waals surface area contributed by atoms with Gasteiger partial charge in [-0.05, 0) is 46.3 Å². The zero-order valence-corrected chi connectivity index (χ0v) is 11.6. The molecule has 0 atom stereocenters. The molecule has 0 unspecified atom stereocenters. The van der Waals surface area contributed by atoms with Crippen molar-refractivity contribution in [1.82, 2.24) is 0 Å². The van der Waals surface area contributed by atoms with E-state index in [2.05, 4.69) is 21.2 Å². The Bertz CT molecular complexity index is 671. The number of hydrogen-bond acceptors (Lipinski definition) is 4. The Morgan fingerprint density at radius 2 is 1.85 bits per heavy atom. The fraction of sp³-hybridized carbons (Fsp3) is 0. The van der Waals surface area contributed by atoms with Crippen LogP contribution in [0.5, 0.6) is 5.75 Å². The van der Waals surface area contributed by atoms with Gasteiger partial charge < -0.3 is 10.4 Å². The molecule has 2 aromatic carbocycles. The van der Waals surface area contributed by atoms with Crippen LogP contribution in [0, 0.1) is 10.1 Å². The number of nitro benzene ring substituents is 1. The maximum Gasteiger partial charge on any atom is 0.270 e. The first kappa shape index (κ1) is 14.0. The predicted molar refractivity (Wildman–Crippen MR) is 76.9 cm³/mol. The molecule has 0 radical (unpaired) electrons. The highest BCUT2D eigenvalue weighted by Gasteiger charge is 2.14. The number of hydrogen-bond donors (Lipinski definition) is 2. The molecule has 0 aliphatic carbocycles. The maximum absolute atomic E-state index is 12.0. The molecular formula is C13H9BrN2O4. The Morgan fingerprint density at radius 1 is 1.20 bits per heavy atom. The Balaban J connectivity index is 2.21. The van der Waals surface area contributed by atoms with Gasteiger partial charge in [0.25, 0.3) is 11.6 Å². The van der Waals surface area contributed by atoms with Crippen molar-refractivity contribution in [1.29, 1.82) is 0 Å². The van der Waals surface area contributed by atoms with Crippen molar-refractivity contribution < 1.29 is 14.8 Å². The highest BCUT2D eigenvalue weighted by molar-refractivity contribution is 9.10. The molecule has 2 rings (SSSR count). The van der Waals surface area contributed by atoms with Gasteiger partial charge in [0, 0.05) is 22.3 Å². The van der Waals surface area contributed by atoms with Gasteiger partial charge in [0.1, 0.15) is 5.75 Å². The summed E-state index contributed by atoms with van der Waals surface area (Å²) in [5.41, 5.74) is 0.694. The van der Waals surface area contributed by atoms with Crippen LogP contribution in [-0.4, -0.2) is 15.9 Å². The highest BCUT2D eigenvalue weighted by atomic mass is 79.9. The van der Waals surface area contributed by atoms with Gasteiger partial charge in [0.2, 0.25) is 0 Å². The van der Waals surface area contributed by atoms with Crippen LogP contribution < -0.4 is 5.32 Å². The second-order valence-corrected chi connectivity index (χ2v) is 4.78. The number of carbonyl (C=O) groups excluding carboxylic acids is 1. The molecule has 0 fully saturated rings. The van der Waals surface area contributed by atoms with Crippen LogP contribution in [0.1, 0.15) is 10.4 Å². The summed E-state index contributed by atoms with van der Waals surface area (Å²) in [5, 5.41) is 22.4. The van der Waals surface area contributed by atoms with Gasteiger partial charge in [-0.3, -0.25) is 14.9 Å². The number of phenols is 1. The molecule has 0 bridgehead atoms. The van der Waals surface area contributed by atoms with Crippen LogP contribution in [-0.2, 0) is 0 Å². The Morgan fingerprint density at radius 3 is 2.40 bits per heavy atom. The molecule has 102 valence electrons. The first-order chi connectivity index (χ1) is 9.47. The molecule has 20 heavy (non-hydrogen) atoms. The van der Waals surface area contributed by atoms with Gasteiger partial charge in [-0.2, -0.15) is 0 Å². The summed E-state index contributed by atoms with van der Waals surface area (Å²) in [6.45, 7) is 0. The molecule has 2 aromatic rings. The van der Waals surface area contributed by atoms with Gasteiger partial charge in [-0.25, -0.2) is 0 Å². The number of aromatic hydroxyl groups is 1. The molecule has 0 heterocycles. The van der Waals surface area contributed by atoms with Gasteiger partial charge in [0.05, 0.1) is 10.5 Å². The van der Waals surface area contributed by atoms with Crippen molar-refractivity contribution in [3.8, 4) is 5.75 Å². The number of rotatable bonds is 3. The second-order valence-electron chi connectivity index (χ2n) is 3.92. The maximum atomic E-state index is 12.0. The Kier molecular flexibility index (Phi) is 3.99. The minimum absolute atomic E-state index is 0.0968. The van der Waals surface area contributed by atoms with Crippen molar-refractivity contribution in [3.63, 3.8) is 0 Å². The molecule has 7 heteroatoms. The van der Waals surface area contributed by atoms with Crippen molar-refractivity contribution in [2.75, 3.05) is 5.32 Å². The molecule has 0 aromatic heterocycles. The van der Waals surface area contributed by atoms with E-state index < -0.39 is 10.8 Å². The topological polar surface area (TPSA) is 92.5 Å². The average Bonchev–Trinajstić information content (AvgIpc) is 2.41. The molecule has 6 nitrogen and oxygen atoms in total. The lowest BCUT2D eigenvalue weighted by Gasteiger charge is -2.07. The molecule has 1 amide bonds. The summed E-state index contributed by atoms with van der Waals surface area (Å²) in [6, 6.07) is 9.89. The van der Waals surface area contributed by atoms with Crippen molar-refractivity contribution in [3.05, 3.63) is 62.6 Å². The summed E-state index contributed by atoms with van der Waals surface area (Å²) in [6.07, 6.45) is 0. The van der Waals surface area contributed by atoms with E-state index in [1.165, 1.54) is 30.3 Å². The summed E-state index contributed by atoms with van der Waals surface area (Å²) < 4.78 is 0.336. The monoisotopic (exact) mass is 336 g/mol. The summed E-state index contributed by atoms with van der Waals surface area (Å²) in [5.74, 6) is -0.308. The van der Waals surface area contributed by atoms with E-state index in [4.69, 9.17) is 5.11 Å². The van der Waals surface area contributed by atoms with Crippen molar-refractivity contribution in [2.24, 2.45) is 0 Å². The number of nitrogens with zero attached hydrogens (tertiary/aromatic N) is 1. The van der Waals surface area contributed by atoms with Crippen molar-refractivity contribution >= 4 is 33.2 Å². The largest absolute Gasteiger partial charge is 0.508 e.